The van der Waals surface area contributed by atoms with E-state index in [9.17, 15) is 9.90 Å². The molecule has 0 radical (unpaired) electrons. The Morgan fingerprint density at radius 3 is 2.57 bits per heavy atom. The summed E-state index contributed by atoms with van der Waals surface area (Å²) in [5.74, 6) is -1.52. The Hall–Kier alpha value is -1.82. The van der Waals surface area contributed by atoms with Gasteiger partial charge in [0.25, 0.3) is 0 Å². The predicted molar refractivity (Wildman–Crippen MR) is 55.5 cm³/mol. The molecule has 74 valence electrons. The topological polar surface area (TPSA) is 95.6 Å². The van der Waals surface area contributed by atoms with Gasteiger partial charge < -0.3 is 21.3 Å². The zero-order valence-corrected chi connectivity index (χ0v) is 7.84. The highest BCUT2D eigenvalue weighted by molar-refractivity contribution is 7.80. The van der Waals surface area contributed by atoms with Gasteiger partial charge in [0, 0.05) is 11.8 Å². The van der Waals surface area contributed by atoms with Gasteiger partial charge in [-0.05, 0) is 24.4 Å². The van der Waals surface area contributed by atoms with Gasteiger partial charge >= 0.3 is 5.97 Å². The Kier molecular flexibility index (Phi) is 2.88. The van der Waals surface area contributed by atoms with Gasteiger partial charge in [0.15, 0.2) is 5.11 Å². The summed E-state index contributed by atoms with van der Waals surface area (Å²) in [5.41, 5.74) is 5.47. The number of rotatable bonds is 2. The van der Waals surface area contributed by atoms with Crippen LogP contribution < -0.4 is 11.1 Å². The lowest BCUT2D eigenvalue weighted by atomic mass is 10.2. The van der Waals surface area contributed by atoms with Crippen molar-refractivity contribution in [3.05, 3.63) is 23.8 Å². The number of phenols is 1. The first-order valence-electron chi connectivity index (χ1n) is 3.63. The van der Waals surface area contributed by atoms with Crippen molar-refractivity contribution < 1.29 is 15.0 Å². The van der Waals surface area contributed by atoms with Crippen LogP contribution in [-0.2, 0) is 0 Å². The molecule has 0 spiro atoms. The zero-order chi connectivity index (χ0) is 10.7. The molecule has 0 aliphatic carbocycles. The molecule has 0 saturated carbocycles. The highest BCUT2D eigenvalue weighted by Gasteiger charge is 2.09. The van der Waals surface area contributed by atoms with E-state index in [0.717, 1.165) is 0 Å². The average molecular weight is 212 g/mol. The fourth-order valence-corrected chi connectivity index (χ4v) is 1.05. The third kappa shape index (κ3) is 2.33. The molecule has 0 fully saturated rings. The van der Waals surface area contributed by atoms with Crippen molar-refractivity contribution in [2.24, 2.45) is 5.73 Å². The number of nitrogens with one attached hydrogen (secondary N) is 1. The average Bonchev–Trinajstić information content (AvgIpc) is 2.01. The van der Waals surface area contributed by atoms with Crippen molar-refractivity contribution in [3.63, 3.8) is 0 Å². The van der Waals surface area contributed by atoms with Crippen LogP contribution in [0.3, 0.4) is 0 Å². The lowest BCUT2D eigenvalue weighted by molar-refractivity contribution is 0.0694. The molecule has 6 heteroatoms. The van der Waals surface area contributed by atoms with Crippen molar-refractivity contribution in [2.75, 3.05) is 5.32 Å². The molecule has 0 atom stereocenters. The SMILES string of the molecule is NC(=S)Nc1ccc(C(=O)O)c(O)c1. The summed E-state index contributed by atoms with van der Waals surface area (Å²) in [6, 6.07) is 3.96. The number of thiocarbonyl (C=S) groups is 1. The third-order valence-corrected chi connectivity index (χ3v) is 1.60. The summed E-state index contributed by atoms with van der Waals surface area (Å²) in [5, 5.41) is 20.5. The van der Waals surface area contributed by atoms with E-state index in [1.54, 1.807) is 0 Å². The molecule has 5 N–H and O–H groups in total. The van der Waals surface area contributed by atoms with Crippen LogP contribution in [0, 0.1) is 0 Å². The second-order valence-electron chi connectivity index (χ2n) is 2.53. The standard InChI is InChI=1S/C8H8N2O3S/c9-8(14)10-4-1-2-5(7(12)13)6(11)3-4/h1-3,11H,(H,12,13)(H3,9,10,14). The van der Waals surface area contributed by atoms with Crippen LogP contribution in [0.2, 0.25) is 0 Å². The van der Waals surface area contributed by atoms with E-state index >= 15 is 0 Å². The van der Waals surface area contributed by atoms with E-state index < -0.39 is 5.97 Å². The van der Waals surface area contributed by atoms with Crippen molar-refractivity contribution in [2.45, 2.75) is 0 Å². The highest BCUT2D eigenvalue weighted by Crippen LogP contribution is 2.21. The maximum atomic E-state index is 10.5. The normalized spacial score (nSPS) is 9.43. The van der Waals surface area contributed by atoms with Gasteiger partial charge in [-0.2, -0.15) is 0 Å². The number of anilines is 1. The van der Waals surface area contributed by atoms with Crippen molar-refractivity contribution >= 4 is 29.0 Å². The van der Waals surface area contributed by atoms with Gasteiger partial charge in [-0.1, -0.05) is 0 Å². The molecule has 0 aromatic heterocycles. The second kappa shape index (κ2) is 3.93. The first-order chi connectivity index (χ1) is 6.50. The molecule has 1 rings (SSSR count). The molecular weight excluding hydrogens is 204 g/mol. The van der Waals surface area contributed by atoms with Crippen molar-refractivity contribution in [1.29, 1.82) is 0 Å². The molecular formula is C8H8N2O3S. The van der Waals surface area contributed by atoms with E-state index in [1.807, 2.05) is 0 Å². The van der Waals surface area contributed by atoms with Crippen LogP contribution >= 0.6 is 12.2 Å². The number of hydrogen-bond donors (Lipinski definition) is 4. The summed E-state index contributed by atoms with van der Waals surface area (Å²) in [6.07, 6.45) is 0. The Morgan fingerprint density at radius 1 is 1.50 bits per heavy atom. The van der Waals surface area contributed by atoms with Crippen LogP contribution in [0.25, 0.3) is 0 Å². The minimum absolute atomic E-state index is 0.0486. The molecule has 5 nitrogen and oxygen atoms in total. The number of aromatic hydroxyl groups is 1. The Labute approximate surface area is 85.2 Å². The maximum Gasteiger partial charge on any atom is 0.339 e. The molecule has 0 aliphatic heterocycles. The number of nitrogens with two attached hydrogens (primary N) is 1. The molecule has 0 aliphatic rings. The van der Waals surface area contributed by atoms with Gasteiger partial charge in [-0.3, -0.25) is 0 Å². The van der Waals surface area contributed by atoms with Crippen LogP contribution in [0.1, 0.15) is 10.4 Å². The summed E-state index contributed by atoms with van der Waals surface area (Å²) >= 11 is 4.57. The highest BCUT2D eigenvalue weighted by atomic mass is 32.1. The zero-order valence-electron chi connectivity index (χ0n) is 7.02. The molecule has 14 heavy (non-hydrogen) atoms. The first kappa shape index (κ1) is 10.3. The quantitative estimate of drug-likeness (QED) is 0.540. The smallest absolute Gasteiger partial charge is 0.339 e. The minimum Gasteiger partial charge on any atom is -0.507 e. The second-order valence-corrected chi connectivity index (χ2v) is 2.97. The fourth-order valence-electron chi connectivity index (χ4n) is 0.933. The number of aromatic carboxylic acids is 1. The van der Waals surface area contributed by atoms with Crippen LogP contribution in [0.5, 0.6) is 5.75 Å². The molecule has 0 amide bonds. The van der Waals surface area contributed by atoms with Gasteiger partial charge in [0.05, 0.1) is 0 Å². The summed E-state index contributed by atoms with van der Waals surface area (Å²) in [6.45, 7) is 0. The van der Waals surface area contributed by atoms with E-state index in [0.29, 0.717) is 5.69 Å². The van der Waals surface area contributed by atoms with Crippen LogP contribution in [0.15, 0.2) is 18.2 Å². The molecule has 1 aromatic rings. The van der Waals surface area contributed by atoms with Gasteiger partial charge in [0.1, 0.15) is 11.3 Å². The van der Waals surface area contributed by atoms with E-state index in [4.69, 9.17) is 10.8 Å². The Bertz CT molecular complexity index is 392. The van der Waals surface area contributed by atoms with E-state index in [-0.39, 0.29) is 16.4 Å². The van der Waals surface area contributed by atoms with Crippen molar-refractivity contribution in [3.8, 4) is 5.75 Å². The van der Waals surface area contributed by atoms with Crippen molar-refractivity contribution in [1.82, 2.24) is 0 Å². The lowest BCUT2D eigenvalue weighted by Crippen LogP contribution is -2.18. The lowest BCUT2D eigenvalue weighted by Gasteiger charge is -2.05. The van der Waals surface area contributed by atoms with Gasteiger partial charge in [0.2, 0.25) is 0 Å². The molecule has 0 saturated heterocycles. The number of hydrogen-bond acceptors (Lipinski definition) is 3. The molecule has 0 heterocycles. The molecule has 0 bridgehead atoms. The Balaban J connectivity index is 3.00. The van der Waals surface area contributed by atoms with Crippen LogP contribution in [0.4, 0.5) is 5.69 Å². The largest absolute Gasteiger partial charge is 0.507 e. The van der Waals surface area contributed by atoms with Gasteiger partial charge in [-0.15, -0.1) is 0 Å². The fraction of sp³-hybridized carbons (Fsp3) is 0. The third-order valence-electron chi connectivity index (χ3n) is 1.50. The summed E-state index contributed by atoms with van der Waals surface area (Å²) in [7, 11) is 0. The number of carboxylic acid groups (broad SMARTS) is 1. The molecule has 1 aromatic carbocycles. The monoisotopic (exact) mass is 212 g/mol. The minimum atomic E-state index is -1.19. The number of carbonyl (C=O) groups is 1. The van der Waals surface area contributed by atoms with Crippen LogP contribution in [-0.4, -0.2) is 21.3 Å². The number of benzene rings is 1. The van der Waals surface area contributed by atoms with Gasteiger partial charge in [-0.25, -0.2) is 4.79 Å². The number of carboxylic acids is 1. The summed E-state index contributed by atoms with van der Waals surface area (Å²) < 4.78 is 0. The maximum absolute atomic E-state index is 10.5. The predicted octanol–water partition coefficient (Wildman–Crippen LogP) is 0.746. The molecule has 0 unspecified atom stereocenters. The Morgan fingerprint density at radius 2 is 2.14 bits per heavy atom. The first-order valence-corrected chi connectivity index (χ1v) is 4.04. The van der Waals surface area contributed by atoms with E-state index in [1.165, 1.54) is 18.2 Å². The van der Waals surface area contributed by atoms with E-state index in [2.05, 4.69) is 17.5 Å². The summed E-state index contributed by atoms with van der Waals surface area (Å²) in [4.78, 5) is 10.5.